The summed E-state index contributed by atoms with van der Waals surface area (Å²) in [6.07, 6.45) is 8.49. The second kappa shape index (κ2) is 17.8. The fraction of sp³-hybridized carbons (Fsp3) is 0.143. The maximum Gasteiger partial charge on any atom is 0.205 e. The van der Waals surface area contributed by atoms with Crippen molar-refractivity contribution in [2.75, 3.05) is 23.9 Å². The summed E-state index contributed by atoms with van der Waals surface area (Å²) in [4.78, 5) is 39.1. The van der Waals surface area contributed by atoms with Crippen LogP contribution in [0.25, 0.3) is 21.5 Å². The molecule has 2 aliphatic heterocycles. The predicted molar refractivity (Wildman–Crippen MR) is 253 cm³/mol. The predicted octanol–water partition coefficient (Wildman–Crippen LogP) is 11.9. The Bertz CT molecular complexity index is 2800. The van der Waals surface area contributed by atoms with Gasteiger partial charge < -0.3 is 9.80 Å². The van der Waals surface area contributed by atoms with E-state index in [1.165, 1.54) is 43.8 Å². The monoisotopic (exact) mass is 866 g/mol. The van der Waals surface area contributed by atoms with Gasteiger partial charge in [-0.05, 0) is 107 Å². The van der Waals surface area contributed by atoms with Gasteiger partial charge >= 0.3 is 0 Å². The first-order valence-electron chi connectivity index (χ1n) is 21.1. The van der Waals surface area contributed by atoms with Gasteiger partial charge in [0.05, 0.1) is 0 Å². The first kappa shape index (κ1) is 42.7. The standard InChI is InChI=1S/2C28H24N2O.Ni/c2*1-28(19-20-10-4-3-5-11-20)26(18-25(31)23-14-8-9-17-29-23)30(2)24-16-15-21-12-6-7-13-22(21)27(24)28;/h2*3-18H,19H2,1-2H3;/b2*26-18-;. The summed E-state index contributed by atoms with van der Waals surface area (Å²) < 4.78 is 0. The molecule has 314 valence electrons. The number of fused-ring (bicyclic) bond motifs is 6. The molecular formula is C56H48N4NiO2. The number of rotatable bonds is 8. The van der Waals surface area contributed by atoms with Crippen molar-refractivity contribution in [1.29, 1.82) is 0 Å². The van der Waals surface area contributed by atoms with Gasteiger partial charge in [0.1, 0.15) is 11.4 Å². The number of benzene rings is 6. The van der Waals surface area contributed by atoms with Gasteiger partial charge in [-0.2, -0.15) is 0 Å². The number of nitrogens with zero attached hydrogens (tertiary/aromatic N) is 4. The molecule has 6 aromatic carbocycles. The van der Waals surface area contributed by atoms with Crippen LogP contribution >= 0.6 is 0 Å². The zero-order valence-electron chi connectivity index (χ0n) is 35.8. The fourth-order valence-corrected chi connectivity index (χ4v) is 9.79. The summed E-state index contributed by atoms with van der Waals surface area (Å²) in [6.45, 7) is 4.51. The summed E-state index contributed by atoms with van der Waals surface area (Å²) in [7, 11) is 4.11. The van der Waals surface area contributed by atoms with Gasteiger partial charge in [0.25, 0.3) is 0 Å². The molecule has 0 aliphatic carbocycles. The molecule has 0 bridgehead atoms. The Balaban J connectivity index is 0.000000170. The number of likely N-dealkylation sites (N-methyl/N-ethyl adjacent to an activating group) is 2. The molecule has 63 heavy (non-hydrogen) atoms. The molecule has 0 spiro atoms. The Morgan fingerprint density at radius 3 is 1.22 bits per heavy atom. The summed E-state index contributed by atoms with van der Waals surface area (Å²) in [5, 5.41) is 4.90. The molecule has 0 saturated heterocycles. The minimum Gasteiger partial charge on any atom is -0.347 e. The van der Waals surface area contributed by atoms with Crippen LogP contribution < -0.4 is 9.80 Å². The molecule has 0 amide bonds. The average molecular weight is 868 g/mol. The number of ketones is 2. The number of hydrogen-bond acceptors (Lipinski definition) is 6. The second-order valence-electron chi connectivity index (χ2n) is 16.7. The van der Waals surface area contributed by atoms with E-state index in [-0.39, 0.29) is 38.9 Å². The quantitative estimate of drug-likeness (QED) is 0.0861. The molecule has 0 radical (unpaired) electrons. The van der Waals surface area contributed by atoms with Crippen LogP contribution in [-0.2, 0) is 40.2 Å². The Labute approximate surface area is 379 Å². The Kier molecular flexibility index (Phi) is 12.1. The van der Waals surface area contributed by atoms with E-state index in [0.717, 1.165) is 35.6 Å². The van der Waals surface area contributed by atoms with Gasteiger partial charge in [-0.1, -0.05) is 133 Å². The van der Waals surface area contributed by atoms with Crippen LogP contribution in [0.5, 0.6) is 0 Å². The smallest absolute Gasteiger partial charge is 0.205 e. The third-order valence-corrected chi connectivity index (χ3v) is 12.7. The van der Waals surface area contributed by atoms with Crippen LogP contribution in [0.4, 0.5) is 11.4 Å². The van der Waals surface area contributed by atoms with Gasteiger partial charge in [-0.3, -0.25) is 19.6 Å². The van der Waals surface area contributed by atoms with Crippen molar-refractivity contribution < 1.29 is 26.1 Å². The molecule has 10 rings (SSSR count). The number of carbonyl (C=O) groups is 2. The van der Waals surface area contributed by atoms with Gasteiger partial charge in [0.2, 0.25) is 11.6 Å². The number of anilines is 2. The second-order valence-corrected chi connectivity index (χ2v) is 16.7. The molecule has 6 nitrogen and oxygen atoms in total. The number of allylic oxidation sites excluding steroid dienone is 4. The van der Waals surface area contributed by atoms with Gasteiger partial charge in [0, 0.05) is 88.7 Å². The van der Waals surface area contributed by atoms with E-state index in [1.807, 2.05) is 36.4 Å². The molecular weight excluding hydrogens is 819 g/mol. The SMILES string of the molecule is CN1/C(=C\C(=O)c2ccccn2)C(C)(Cc2ccccc2)c2c1ccc1ccccc21.CN1/C(=C\C(=O)c2ccccn2)C(C)(Cc2ccccc2)c2c1ccc1ccccc21.[Ni]. The molecule has 7 heteroatoms. The van der Waals surface area contributed by atoms with E-state index in [4.69, 9.17) is 0 Å². The summed E-state index contributed by atoms with van der Waals surface area (Å²) in [6, 6.07) is 57.6. The van der Waals surface area contributed by atoms with E-state index < -0.39 is 0 Å². The number of hydrogen-bond donors (Lipinski definition) is 0. The average Bonchev–Trinajstić information content (AvgIpc) is 3.65. The minimum absolute atomic E-state index is 0. The fourth-order valence-electron chi connectivity index (χ4n) is 9.79. The van der Waals surface area contributed by atoms with Gasteiger partial charge in [-0.15, -0.1) is 0 Å². The van der Waals surface area contributed by atoms with E-state index in [1.54, 1.807) is 36.7 Å². The van der Waals surface area contributed by atoms with Crippen LogP contribution in [0, 0.1) is 0 Å². The molecule has 8 aromatic rings. The van der Waals surface area contributed by atoms with Crippen molar-refractivity contribution in [2.45, 2.75) is 37.5 Å². The van der Waals surface area contributed by atoms with E-state index >= 15 is 0 Å². The van der Waals surface area contributed by atoms with Crippen LogP contribution in [0.15, 0.2) is 206 Å². The largest absolute Gasteiger partial charge is 0.347 e. The van der Waals surface area contributed by atoms with Gasteiger partial charge in [-0.25, -0.2) is 0 Å². The van der Waals surface area contributed by atoms with Crippen LogP contribution in [0.2, 0.25) is 0 Å². The van der Waals surface area contributed by atoms with Crippen molar-refractivity contribution in [1.82, 2.24) is 9.97 Å². The first-order chi connectivity index (χ1) is 30.2. The molecule has 2 atom stereocenters. The first-order valence-corrected chi connectivity index (χ1v) is 21.1. The molecule has 0 fully saturated rings. The number of aromatic nitrogens is 2. The molecule has 2 aliphatic rings. The number of pyridine rings is 2. The Hall–Kier alpha value is -6.95. The normalized spacial score (nSPS) is 18.7. The van der Waals surface area contributed by atoms with Crippen molar-refractivity contribution in [3.05, 3.63) is 239 Å². The number of carbonyl (C=O) groups excluding carboxylic acids is 2. The molecule has 0 saturated carbocycles. The molecule has 0 N–H and O–H groups in total. The molecule has 2 aromatic heterocycles. The maximum atomic E-state index is 13.1. The van der Waals surface area contributed by atoms with Crippen LogP contribution in [0.3, 0.4) is 0 Å². The maximum absolute atomic E-state index is 13.1. The van der Waals surface area contributed by atoms with Gasteiger partial charge in [0.15, 0.2) is 0 Å². The Morgan fingerprint density at radius 1 is 0.476 bits per heavy atom. The third kappa shape index (κ3) is 8.01. The summed E-state index contributed by atoms with van der Waals surface area (Å²) in [5.41, 5.74) is 9.57. The van der Waals surface area contributed by atoms with Crippen molar-refractivity contribution in [3.8, 4) is 0 Å². The molecule has 2 unspecified atom stereocenters. The summed E-state index contributed by atoms with van der Waals surface area (Å²) in [5.74, 6) is -0.141. The van der Waals surface area contributed by atoms with Crippen molar-refractivity contribution >= 4 is 44.5 Å². The topological polar surface area (TPSA) is 66.4 Å². The zero-order chi connectivity index (χ0) is 42.8. The van der Waals surface area contributed by atoms with Crippen LogP contribution in [-0.4, -0.2) is 35.6 Å². The van der Waals surface area contributed by atoms with Crippen LogP contribution in [0.1, 0.15) is 57.1 Å². The summed E-state index contributed by atoms with van der Waals surface area (Å²) >= 11 is 0. The van der Waals surface area contributed by atoms with Crippen molar-refractivity contribution in [2.24, 2.45) is 0 Å². The third-order valence-electron chi connectivity index (χ3n) is 12.7. The molecule has 4 heterocycles. The minimum atomic E-state index is -0.350. The van der Waals surface area contributed by atoms with E-state index in [2.05, 4.69) is 169 Å². The van der Waals surface area contributed by atoms with E-state index in [9.17, 15) is 9.59 Å². The zero-order valence-corrected chi connectivity index (χ0v) is 36.8. The Morgan fingerprint density at radius 2 is 0.841 bits per heavy atom. The van der Waals surface area contributed by atoms with Crippen molar-refractivity contribution in [3.63, 3.8) is 0 Å². The van der Waals surface area contributed by atoms with E-state index in [0.29, 0.717) is 11.4 Å².